The predicted molar refractivity (Wildman–Crippen MR) is 67.5 cm³/mol. The second-order valence-corrected chi connectivity index (χ2v) is 7.22. The summed E-state index contributed by atoms with van der Waals surface area (Å²) in [5, 5.41) is 0.928. The number of carbonyl (C=O) groups excluding carboxylic acids is 1. The minimum Gasteiger partial charge on any atom is -0.339 e. The van der Waals surface area contributed by atoms with Crippen LogP contribution in [0.4, 0.5) is 0 Å². The lowest BCUT2D eigenvalue weighted by molar-refractivity contribution is -0.129. The van der Waals surface area contributed by atoms with Crippen LogP contribution in [-0.4, -0.2) is 49.2 Å². The fourth-order valence-electron chi connectivity index (χ4n) is 2.08. The molecule has 0 radical (unpaired) electrons. The number of sulfone groups is 1. The summed E-state index contributed by atoms with van der Waals surface area (Å²) in [5.41, 5.74) is 0. The van der Waals surface area contributed by atoms with Gasteiger partial charge >= 0.3 is 0 Å². The molecule has 0 aromatic rings. The molecule has 1 aliphatic heterocycles. The molecule has 0 aromatic carbocycles. The third-order valence-electron chi connectivity index (χ3n) is 2.75. The van der Waals surface area contributed by atoms with Crippen LogP contribution >= 0.6 is 15.9 Å². The van der Waals surface area contributed by atoms with E-state index < -0.39 is 9.84 Å². The Morgan fingerprint density at radius 2 is 2.19 bits per heavy atom. The topological polar surface area (TPSA) is 54.5 Å². The number of carbonyl (C=O) groups is 1. The molecule has 1 fully saturated rings. The number of nitrogens with zero attached hydrogens (tertiary/aromatic N) is 1. The summed E-state index contributed by atoms with van der Waals surface area (Å²) in [5.74, 6) is -0.586. The van der Waals surface area contributed by atoms with Crippen molar-refractivity contribution in [2.24, 2.45) is 0 Å². The molecule has 0 spiro atoms. The van der Waals surface area contributed by atoms with Crippen LogP contribution in [0.15, 0.2) is 0 Å². The summed E-state index contributed by atoms with van der Waals surface area (Å²) >= 11 is 3.36. The molecule has 1 heterocycles. The van der Waals surface area contributed by atoms with Crippen molar-refractivity contribution < 1.29 is 13.2 Å². The summed E-state index contributed by atoms with van der Waals surface area (Å²) in [6.07, 6.45) is 5.08. The smallest absolute Gasteiger partial charge is 0.238 e. The van der Waals surface area contributed by atoms with E-state index in [0.717, 1.165) is 37.3 Å². The normalized spacial score (nSPS) is 21.4. The zero-order valence-electron chi connectivity index (χ0n) is 9.49. The number of likely N-dealkylation sites (tertiary alicyclic amines) is 1. The van der Waals surface area contributed by atoms with Crippen molar-refractivity contribution in [1.82, 2.24) is 4.90 Å². The maximum atomic E-state index is 11.8. The number of rotatable bonds is 5. The second kappa shape index (κ2) is 6.00. The van der Waals surface area contributed by atoms with Gasteiger partial charge in [-0.1, -0.05) is 15.9 Å². The Labute approximate surface area is 105 Å². The van der Waals surface area contributed by atoms with Gasteiger partial charge in [0.15, 0.2) is 9.84 Å². The van der Waals surface area contributed by atoms with Crippen molar-refractivity contribution in [2.75, 3.05) is 23.9 Å². The summed E-state index contributed by atoms with van der Waals surface area (Å²) in [7, 11) is -3.21. The molecule has 6 heteroatoms. The van der Waals surface area contributed by atoms with Gasteiger partial charge in [-0.15, -0.1) is 0 Å². The lowest BCUT2D eigenvalue weighted by Crippen LogP contribution is -2.39. The maximum absolute atomic E-state index is 11.8. The van der Waals surface area contributed by atoms with Gasteiger partial charge in [-0.05, 0) is 25.7 Å². The second-order valence-electron chi connectivity index (χ2n) is 4.28. The molecule has 1 amide bonds. The van der Waals surface area contributed by atoms with Gasteiger partial charge in [0.1, 0.15) is 5.75 Å². The molecule has 0 aliphatic carbocycles. The number of halogens is 1. The molecule has 1 saturated heterocycles. The molecule has 0 aromatic heterocycles. The first kappa shape index (κ1) is 14.0. The van der Waals surface area contributed by atoms with Crippen molar-refractivity contribution >= 4 is 31.7 Å². The molecule has 1 atom stereocenters. The van der Waals surface area contributed by atoms with Gasteiger partial charge in [0.25, 0.3) is 0 Å². The third-order valence-corrected chi connectivity index (χ3v) is 4.09. The number of alkyl halides is 1. The Kier molecular flexibility index (Phi) is 5.24. The van der Waals surface area contributed by atoms with Crippen LogP contribution in [0.1, 0.15) is 25.7 Å². The molecule has 1 rings (SSSR count). The van der Waals surface area contributed by atoms with Gasteiger partial charge in [0, 0.05) is 24.2 Å². The van der Waals surface area contributed by atoms with Crippen LogP contribution in [0.2, 0.25) is 0 Å². The van der Waals surface area contributed by atoms with Gasteiger partial charge in [-0.25, -0.2) is 8.42 Å². The fourth-order valence-corrected chi connectivity index (χ4v) is 3.02. The summed E-state index contributed by atoms with van der Waals surface area (Å²) in [4.78, 5) is 13.5. The van der Waals surface area contributed by atoms with Crippen molar-refractivity contribution in [3.63, 3.8) is 0 Å². The molecule has 94 valence electrons. The van der Waals surface area contributed by atoms with E-state index in [4.69, 9.17) is 0 Å². The van der Waals surface area contributed by atoms with E-state index in [9.17, 15) is 13.2 Å². The molecule has 16 heavy (non-hydrogen) atoms. The highest BCUT2D eigenvalue weighted by atomic mass is 79.9. The van der Waals surface area contributed by atoms with Crippen LogP contribution < -0.4 is 0 Å². The summed E-state index contributed by atoms with van der Waals surface area (Å²) in [6, 6.07) is 0.242. The van der Waals surface area contributed by atoms with Gasteiger partial charge in [-0.3, -0.25) is 4.79 Å². The van der Waals surface area contributed by atoms with Gasteiger partial charge in [-0.2, -0.15) is 0 Å². The minimum atomic E-state index is -3.21. The largest absolute Gasteiger partial charge is 0.339 e. The Morgan fingerprint density at radius 3 is 2.75 bits per heavy atom. The van der Waals surface area contributed by atoms with Crippen molar-refractivity contribution in [3.05, 3.63) is 0 Å². The molecular weight excluding hydrogens is 294 g/mol. The molecule has 0 N–H and O–H groups in total. The molecule has 1 aliphatic rings. The molecule has 0 saturated carbocycles. The number of hydrogen-bond donors (Lipinski definition) is 0. The minimum absolute atomic E-state index is 0.237. The lowest BCUT2D eigenvalue weighted by atomic mass is 10.1. The summed E-state index contributed by atoms with van der Waals surface area (Å²) < 4.78 is 22.1. The highest BCUT2D eigenvalue weighted by Crippen LogP contribution is 2.22. The van der Waals surface area contributed by atoms with Gasteiger partial charge < -0.3 is 4.90 Å². The Balaban J connectivity index is 2.54. The van der Waals surface area contributed by atoms with E-state index in [1.165, 1.54) is 0 Å². The van der Waals surface area contributed by atoms with E-state index in [0.29, 0.717) is 6.54 Å². The molecule has 0 bridgehead atoms. The van der Waals surface area contributed by atoms with E-state index >= 15 is 0 Å². The van der Waals surface area contributed by atoms with Crippen LogP contribution in [0.3, 0.4) is 0 Å². The monoisotopic (exact) mass is 311 g/mol. The number of amides is 1. The Hall–Kier alpha value is -0.100. The van der Waals surface area contributed by atoms with Gasteiger partial charge in [0.2, 0.25) is 5.91 Å². The predicted octanol–water partition coefficient (Wildman–Crippen LogP) is 1.20. The molecule has 1 unspecified atom stereocenters. The average molecular weight is 312 g/mol. The Bertz CT molecular complexity index is 342. The highest BCUT2D eigenvalue weighted by molar-refractivity contribution is 9.09. The van der Waals surface area contributed by atoms with E-state index in [-0.39, 0.29) is 17.7 Å². The highest BCUT2D eigenvalue weighted by Gasteiger charge is 2.29. The molecular formula is C10H18BrNO3S. The zero-order valence-corrected chi connectivity index (χ0v) is 11.9. The zero-order chi connectivity index (χ0) is 12.2. The standard InChI is InChI=1S/C10H18BrNO3S/c1-16(14,15)8-10(13)12-7-3-5-9(12)4-2-6-11/h9H,2-8H2,1H3. The van der Waals surface area contributed by atoms with Crippen molar-refractivity contribution in [1.29, 1.82) is 0 Å². The van der Waals surface area contributed by atoms with Crippen LogP contribution in [-0.2, 0) is 14.6 Å². The fraction of sp³-hybridized carbons (Fsp3) is 0.900. The molecule has 4 nitrogen and oxygen atoms in total. The lowest BCUT2D eigenvalue weighted by Gasteiger charge is -2.24. The first-order chi connectivity index (χ1) is 7.44. The van der Waals surface area contributed by atoms with Gasteiger partial charge in [0.05, 0.1) is 0 Å². The van der Waals surface area contributed by atoms with Crippen LogP contribution in [0.25, 0.3) is 0 Å². The summed E-state index contributed by atoms with van der Waals surface area (Å²) in [6.45, 7) is 0.710. The van der Waals surface area contributed by atoms with E-state index in [2.05, 4.69) is 15.9 Å². The first-order valence-corrected chi connectivity index (χ1v) is 8.65. The maximum Gasteiger partial charge on any atom is 0.238 e. The number of hydrogen-bond acceptors (Lipinski definition) is 3. The average Bonchev–Trinajstić information content (AvgIpc) is 2.59. The first-order valence-electron chi connectivity index (χ1n) is 5.47. The van der Waals surface area contributed by atoms with E-state index in [1.54, 1.807) is 4.90 Å². The van der Waals surface area contributed by atoms with E-state index in [1.807, 2.05) is 0 Å². The van der Waals surface area contributed by atoms with Crippen LogP contribution in [0, 0.1) is 0 Å². The quantitative estimate of drug-likeness (QED) is 0.717. The third kappa shape index (κ3) is 4.41. The Morgan fingerprint density at radius 1 is 1.50 bits per heavy atom. The van der Waals surface area contributed by atoms with Crippen molar-refractivity contribution in [2.45, 2.75) is 31.7 Å². The van der Waals surface area contributed by atoms with Crippen LogP contribution in [0.5, 0.6) is 0 Å². The van der Waals surface area contributed by atoms with Crippen molar-refractivity contribution in [3.8, 4) is 0 Å². The SMILES string of the molecule is CS(=O)(=O)CC(=O)N1CCCC1CCCBr.